The largest absolute Gasteiger partial charge is 0.469 e. The van der Waals surface area contributed by atoms with E-state index in [2.05, 4.69) is 4.74 Å². The van der Waals surface area contributed by atoms with Crippen molar-refractivity contribution in [2.24, 2.45) is 0 Å². The highest BCUT2D eigenvalue weighted by Crippen LogP contribution is 2.21. The maximum absolute atomic E-state index is 12.0. The molecule has 0 aliphatic heterocycles. The van der Waals surface area contributed by atoms with Gasteiger partial charge in [-0.1, -0.05) is 18.2 Å². The van der Waals surface area contributed by atoms with Crippen LogP contribution in [0.1, 0.15) is 18.4 Å². The second kappa shape index (κ2) is 8.64. The Morgan fingerprint density at radius 1 is 1.30 bits per heavy atom. The highest BCUT2D eigenvalue weighted by atomic mass is 32.2. The molecule has 20 heavy (non-hydrogen) atoms. The Kier molecular flexibility index (Phi) is 7.15. The molecule has 1 aromatic carbocycles. The lowest BCUT2D eigenvalue weighted by Crippen LogP contribution is -2.29. The molecule has 0 fully saturated rings. The number of thioether (sulfide) groups is 1. The van der Waals surface area contributed by atoms with Crippen molar-refractivity contribution in [1.82, 2.24) is 4.90 Å². The number of carbonyl (C=O) groups excluding carboxylic acids is 2. The van der Waals surface area contributed by atoms with Crippen molar-refractivity contribution in [2.45, 2.75) is 24.7 Å². The van der Waals surface area contributed by atoms with E-state index in [1.165, 1.54) is 12.7 Å². The van der Waals surface area contributed by atoms with Gasteiger partial charge in [0.1, 0.15) is 0 Å². The summed E-state index contributed by atoms with van der Waals surface area (Å²) in [6.07, 6.45) is 0.975. The maximum Gasteiger partial charge on any atom is 0.305 e. The lowest BCUT2D eigenvalue weighted by molar-refractivity contribution is -0.141. The number of carbonyl (C=O) groups is 2. The zero-order chi connectivity index (χ0) is 15.0. The third-order valence-corrected chi connectivity index (χ3v) is 4.13. The van der Waals surface area contributed by atoms with E-state index in [4.69, 9.17) is 0 Å². The molecule has 0 radical (unpaired) electrons. The molecule has 4 nitrogen and oxygen atoms in total. The van der Waals surface area contributed by atoms with Crippen LogP contribution in [0.2, 0.25) is 0 Å². The smallest absolute Gasteiger partial charge is 0.305 e. The number of esters is 1. The standard InChI is InChI=1S/C15H21NO3S/c1-12-7-4-5-8-13(12)20-11-14(17)16(2)10-6-9-15(18)19-3/h4-5,7-8H,6,9-11H2,1-3H3. The second-order valence-electron chi connectivity index (χ2n) is 4.55. The minimum atomic E-state index is -0.236. The molecule has 0 N–H and O–H groups in total. The van der Waals surface area contributed by atoms with Gasteiger partial charge in [-0.2, -0.15) is 0 Å². The van der Waals surface area contributed by atoms with Crippen LogP contribution >= 0.6 is 11.8 Å². The number of rotatable bonds is 7. The first kappa shape index (κ1) is 16.6. The molecule has 1 rings (SSSR count). The second-order valence-corrected chi connectivity index (χ2v) is 5.57. The molecule has 0 atom stereocenters. The average molecular weight is 295 g/mol. The third kappa shape index (κ3) is 5.65. The lowest BCUT2D eigenvalue weighted by atomic mass is 10.2. The van der Waals surface area contributed by atoms with Crippen molar-refractivity contribution in [3.05, 3.63) is 29.8 Å². The Morgan fingerprint density at radius 3 is 2.65 bits per heavy atom. The molecule has 110 valence electrons. The van der Waals surface area contributed by atoms with Crippen LogP contribution in [0.15, 0.2) is 29.2 Å². The summed E-state index contributed by atoms with van der Waals surface area (Å²) in [7, 11) is 3.13. The van der Waals surface area contributed by atoms with Gasteiger partial charge in [-0.3, -0.25) is 9.59 Å². The Labute approximate surface area is 124 Å². The van der Waals surface area contributed by atoms with Crippen molar-refractivity contribution < 1.29 is 14.3 Å². The first-order chi connectivity index (χ1) is 9.54. The van der Waals surface area contributed by atoms with Crippen LogP contribution in [-0.2, 0) is 14.3 Å². The van der Waals surface area contributed by atoms with E-state index in [1.54, 1.807) is 23.7 Å². The summed E-state index contributed by atoms with van der Waals surface area (Å²) in [6, 6.07) is 8.01. The van der Waals surface area contributed by atoms with Crippen LogP contribution in [-0.4, -0.2) is 43.2 Å². The van der Waals surface area contributed by atoms with Crippen molar-refractivity contribution in [1.29, 1.82) is 0 Å². The van der Waals surface area contributed by atoms with Gasteiger partial charge >= 0.3 is 5.97 Å². The number of methoxy groups -OCH3 is 1. The summed E-state index contributed by atoms with van der Waals surface area (Å²) in [5.74, 6) is 0.253. The quantitative estimate of drug-likeness (QED) is 0.573. The normalized spacial score (nSPS) is 10.2. The molecule has 0 heterocycles. The van der Waals surface area contributed by atoms with Crippen LogP contribution in [0.4, 0.5) is 0 Å². The summed E-state index contributed by atoms with van der Waals surface area (Å²) < 4.78 is 4.56. The molecule has 0 spiro atoms. The van der Waals surface area contributed by atoms with Gasteiger partial charge in [0.15, 0.2) is 0 Å². The molecule has 1 amide bonds. The van der Waals surface area contributed by atoms with Crippen molar-refractivity contribution in [3.8, 4) is 0 Å². The summed E-state index contributed by atoms with van der Waals surface area (Å²) in [6.45, 7) is 2.61. The number of hydrogen-bond donors (Lipinski definition) is 0. The van der Waals surface area contributed by atoms with E-state index < -0.39 is 0 Å². The molecular weight excluding hydrogens is 274 g/mol. The van der Waals surface area contributed by atoms with Crippen LogP contribution in [0.25, 0.3) is 0 Å². The number of nitrogens with zero attached hydrogens (tertiary/aromatic N) is 1. The molecular formula is C15H21NO3S. The molecule has 0 aliphatic rings. The number of benzene rings is 1. The minimum Gasteiger partial charge on any atom is -0.469 e. The fraction of sp³-hybridized carbons (Fsp3) is 0.467. The van der Waals surface area contributed by atoms with E-state index >= 15 is 0 Å². The first-order valence-corrected chi connectivity index (χ1v) is 7.52. The van der Waals surface area contributed by atoms with Gasteiger partial charge in [-0.15, -0.1) is 11.8 Å². The first-order valence-electron chi connectivity index (χ1n) is 6.53. The number of hydrogen-bond acceptors (Lipinski definition) is 4. The average Bonchev–Trinajstić information content (AvgIpc) is 2.45. The molecule has 0 aromatic heterocycles. The fourth-order valence-electron chi connectivity index (χ4n) is 1.66. The molecule has 0 aliphatic carbocycles. The van der Waals surface area contributed by atoms with Crippen LogP contribution in [0.5, 0.6) is 0 Å². The minimum absolute atomic E-state index is 0.0723. The van der Waals surface area contributed by atoms with Gasteiger partial charge in [-0.25, -0.2) is 0 Å². The van der Waals surface area contributed by atoms with Gasteiger partial charge in [0, 0.05) is 24.9 Å². The molecule has 0 saturated carbocycles. The molecule has 0 bridgehead atoms. The Hall–Kier alpha value is -1.49. The summed E-state index contributed by atoms with van der Waals surface area (Å²) in [4.78, 5) is 25.7. The summed E-state index contributed by atoms with van der Waals surface area (Å²) in [5, 5.41) is 0. The van der Waals surface area contributed by atoms with Crippen molar-refractivity contribution in [2.75, 3.05) is 26.5 Å². The Morgan fingerprint density at radius 2 is 2.00 bits per heavy atom. The topological polar surface area (TPSA) is 46.6 Å². The zero-order valence-corrected chi connectivity index (χ0v) is 13.0. The monoisotopic (exact) mass is 295 g/mol. The van der Waals surface area contributed by atoms with Crippen molar-refractivity contribution >= 4 is 23.6 Å². The highest BCUT2D eigenvalue weighted by Gasteiger charge is 2.10. The van der Waals surface area contributed by atoms with Crippen LogP contribution < -0.4 is 0 Å². The van der Waals surface area contributed by atoms with Gasteiger partial charge in [0.25, 0.3) is 0 Å². The molecule has 1 aromatic rings. The van der Waals surface area contributed by atoms with Crippen LogP contribution in [0, 0.1) is 6.92 Å². The number of amides is 1. The predicted molar refractivity (Wildman–Crippen MR) is 80.8 cm³/mol. The van der Waals surface area contributed by atoms with Gasteiger partial charge in [0.05, 0.1) is 12.9 Å². The number of ether oxygens (including phenoxy) is 1. The Bertz CT molecular complexity index is 462. The van der Waals surface area contributed by atoms with Crippen LogP contribution in [0.3, 0.4) is 0 Å². The summed E-state index contributed by atoms with van der Waals surface area (Å²) >= 11 is 1.54. The zero-order valence-electron chi connectivity index (χ0n) is 12.2. The molecule has 5 heteroatoms. The van der Waals surface area contributed by atoms with Gasteiger partial charge < -0.3 is 9.64 Å². The van der Waals surface area contributed by atoms with Gasteiger partial charge in [0.2, 0.25) is 5.91 Å². The van der Waals surface area contributed by atoms with E-state index in [0.29, 0.717) is 25.1 Å². The van der Waals surface area contributed by atoms with Gasteiger partial charge in [-0.05, 0) is 25.0 Å². The SMILES string of the molecule is COC(=O)CCCN(C)C(=O)CSc1ccccc1C. The maximum atomic E-state index is 12.0. The molecule has 0 saturated heterocycles. The van der Waals surface area contributed by atoms with E-state index in [1.807, 2.05) is 31.2 Å². The number of aryl methyl sites for hydroxylation is 1. The Balaban J connectivity index is 2.31. The highest BCUT2D eigenvalue weighted by molar-refractivity contribution is 8.00. The van der Waals surface area contributed by atoms with Crippen molar-refractivity contribution in [3.63, 3.8) is 0 Å². The third-order valence-electron chi connectivity index (χ3n) is 2.97. The van der Waals surface area contributed by atoms with E-state index in [9.17, 15) is 9.59 Å². The fourth-order valence-corrected chi connectivity index (χ4v) is 2.63. The molecule has 0 unspecified atom stereocenters. The lowest BCUT2D eigenvalue weighted by Gasteiger charge is -2.16. The predicted octanol–water partition coefficient (Wildman–Crippen LogP) is 2.50. The summed E-state index contributed by atoms with van der Waals surface area (Å²) in [5.41, 5.74) is 1.18. The van der Waals surface area contributed by atoms with E-state index in [0.717, 1.165) is 4.90 Å². The van der Waals surface area contributed by atoms with E-state index in [-0.39, 0.29) is 11.9 Å².